The van der Waals surface area contributed by atoms with Crippen LogP contribution in [0.3, 0.4) is 0 Å². The van der Waals surface area contributed by atoms with E-state index in [9.17, 15) is 0 Å². The third-order valence-corrected chi connectivity index (χ3v) is 3.23. The zero-order chi connectivity index (χ0) is 8.84. The fourth-order valence-corrected chi connectivity index (χ4v) is 2.30. The van der Waals surface area contributed by atoms with E-state index in [-0.39, 0.29) is 0 Å². The van der Waals surface area contributed by atoms with Gasteiger partial charge in [-0.1, -0.05) is 6.07 Å². The van der Waals surface area contributed by atoms with Crippen molar-refractivity contribution in [3.63, 3.8) is 0 Å². The Hall–Kier alpha value is -1.09. The minimum atomic E-state index is 0.472. The molecule has 3 rings (SSSR count). The molecule has 0 bridgehead atoms. The molecule has 1 saturated heterocycles. The summed E-state index contributed by atoms with van der Waals surface area (Å²) in [4.78, 5) is 6.66. The molecule has 0 aromatic carbocycles. The Morgan fingerprint density at radius 3 is 2.69 bits per heavy atom. The van der Waals surface area contributed by atoms with E-state index < -0.39 is 0 Å². The Balaban J connectivity index is 1.76. The molecule has 2 N–H and O–H groups in total. The Bertz CT molecular complexity index is 299. The maximum Gasteiger partial charge on any atom is 0.128 e. The van der Waals surface area contributed by atoms with E-state index in [4.69, 9.17) is 5.73 Å². The third-order valence-electron chi connectivity index (χ3n) is 3.23. The summed E-state index contributed by atoms with van der Waals surface area (Å²) in [6.45, 7) is 2.20. The van der Waals surface area contributed by atoms with Gasteiger partial charge in [-0.05, 0) is 24.0 Å². The minimum absolute atomic E-state index is 0.472. The maximum absolute atomic E-state index is 5.86. The van der Waals surface area contributed by atoms with Gasteiger partial charge in [-0.25, -0.2) is 4.98 Å². The van der Waals surface area contributed by atoms with Crippen LogP contribution in [-0.4, -0.2) is 24.1 Å². The van der Waals surface area contributed by atoms with E-state index >= 15 is 0 Å². The highest BCUT2D eigenvalue weighted by Crippen LogP contribution is 2.44. The fraction of sp³-hybridized carbons (Fsp3) is 0.500. The Morgan fingerprint density at radius 1 is 1.31 bits per heavy atom. The zero-order valence-electron chi connectivity index (χ0n) is 7.43. The van der Waals surface area contributed by atoms with Crippen molar-refractivity contribution < 1.29 is 0 Å². The second kappa shape index (κ2) is 2.45. The predicted molar refractivity (Wildman–Crippen MR) is 51.4 cm³/mol. The van der Waals surface area contributed by atoms with E-state index in [1.54, 1.807) is 0 Å². The molecule has 3 heteroatoms. The van der Waals surface area contributed by atoms with Gasteiger partial charge in [0.05, 0.1) is 0 Å². The first kappa shape index (κ1) is 7.33. The van der Waals surface area contributed by atoms with Crippen molar-refractivity contribution in [2.24, 2.45) is 17.6 Å². The molecule has 2 heterocycles. The second-order valence-electron chi connectivity index (χ2n) is 4.00. The molecule has 68 valence electrons. The molecular formula is C10H13N3. The number of hydrogen-bond acceptors (Lipinski definition) is 3. The number of nitrogens with two attached hydrogens (primary N) is 1. The summed E-state index contributed by atoms with van der Waals surface area (Å²) in [6, 6.07) is 6.52. The van der Waals surface area contributed by atoms with Gasteiger partial charge in [-0.3, -0.25) is 0 Å². The van der Waals surface area contributed by atoms with Gasteiger partial charge < -0.3 is 10.6 Å². The zero-order valence-corrected chi connectivity index (χ0v) is 7.43. The molecule has 0 spiro atoms. The van der Waals surface area contributed by atoms with Crippen molar-refractivity contribution in [3.05, 3.63) is 24.4 Å². The highest BCUT2D eigenvalue weighted by atomic mass is 15.2. The van der Waals surface area contributed by atoms with Crippen LogP contribution in [0, 0.1) is 11.8 Å². The summed E-state index contributed by atoms with van der Waals surface area (Å²) < 4.78 is 0. The highest BCUT2D eigenvalue weighted by Gasteiger charge is 2.53. The van der Waals surface area contributed by atoms with E-state index in [2.05, 4.69) is 16.0 Å². The van der Waals surface area contributed by atoms with Crippen molar-refractivity contribution in [2.75, 3.05) is 18.0 Å². The topological polar surface area (TPSA) is 42.1 Å². The van der Waals surface area contributed by atoms with E-state index in [1.165, 1.54) is 0 Å². The molecule has 2 fully saturated rings. The first-order valence-electron chi connectivity index (χ1n) is 4.78. The number of nitrogens with zero attached hydrogens (tertiary/aromatic N) is 2. The van der Waals surface area contributed by atoms with Crippen LogP contribution in [0.15, 0.2) is 24.4 Å². The van der Waals surface area contributed by atoms with Gasteiger partial charge in [0.2, 0.25) is 0 Å². The quantitative estimate of drug-likeness (QED) is 0.675. The van der Waals surface area contributed by atoms with Gasteiger partial charge in [0.1, 0.15) is 5.82 Å². The lowest BCUT2D eigenvalue weighted by Gasteiger charge is -2.19. The molecule has 1 aliphatic heterocycles. The lowest BCUT2D eigenvalue weighted by molar-refractivity contribution is 0.735. The summed E-state index contributed by atoms with van der Waals surface area (Å²) >= 11 is 0. The highest BCUT2D eigenvalue weighted by molar-refractivity contribution is 5.42. The van der Waals surface area contributed by atoms with Gasteiger partial charge in [-0.2, -0.15) is 0 Å². The number of fused-ring (bicyclic) bond motifs is 1. The second-order valence-corrected chi connectivity index (χ2v) is 4.00. The monoisotopic (exact) mass is 175 g/mol. The Morgan fingerprint density at radius 2 is 2.08 bits per heavy atom. The normalized spacial score (nSPS) is 36.1. The van der Waals surface area contributed by atoms with Crippen LogP contribution in [0.1, 0.15) is 0 Å². The van der Waals surface area contributed by atoms with Crippen molar-refractivity contribution in [2.45, 2.75) is 6.04 Å². The molecule has 13 heavy (non-hydrogen) atoms. The number of hydrogen-bond donors (Lipinski definition) is 1. The lowest BCUT2D eigenvalue weighted by atomic mass is 10.3. The van der Waals surface area contributed by atoms with Crippen LogP contribution in [0.5, 0.6) is 0 Å². The van der Waals surface area contributed by atoms with E-state index in [0.717, 1.165) is 30.7 Å². The van der Waals surface area contributed by atoms with Crippen molar-refractivity contribution in [1.29, 1.82) is 0 Å². The standard InChI is InChI=1S/C10H13N3/c11-10-7-5-13(6-8(7)10)9-3-1-2-4-12-9/h1-4,7-8,10H,5-6,11H2/t7-,8-/m0/s1. The van der Waals surface area contributed by atoms with Gasteiger partial charge in [0.15, 0.2) is 0 Å². The number of piperidine rings is 1. The SMILES string of the molecule is NC1[C@H]2CN(c3ccccn3)C[C@H]12. The van der Waals surface area contributed by atoms with Crippen LogP contribution < -0.4 is 10.6 Å². The maximum atomic E-state index is 5.86. The number of aromatic nitrogens is 1. The van der Waals surface area contributed by atoms with Crippen molar-refractivity contribution in [3.8, 4) is 0 Å². The first-order chi connectivity index (χ1) is 6.36. The summed E-state index contributed by atoms with van der Waals surface area (Å²) in [6.07, 6.45) is 1.85. The molecule has 1 aromatic heterocycles. The van der Waals surface area contributed by atoms with Gasteiger partial charge >= 0.3 is 0 Å². The molecular weight excluding hydrogens is 162 g/mol. The summed E-state index contributed by atoms with van der Waals surface area (Å²) in [5, 5.41) is 0. The van der Waals surface area contributed by atoms with E-state index in [1.807, 2.05) is 18.3 Å². The molecule has 0 radical (unpaired) electrons. The molecule has 0 unspecified atom stereocenters. The molecule has 1 aliphatic carbocycles. The molecule has 1 saturated carbocycles. The van der Waals surface area contributed by atoms with Crippen LogP contribution >= 0.6 is 0 Å². The number of pyridine rings is 1. The predicted octanol–water partition coefficient (Wildman–Crippen LogP) is 0.475. The molecule has 2 aliphatic rings. The van der Waals surface area contributed by atoms with Gasteiger partial charge in [-0.15, -0.1) is 0 Å². The van der Waals surface area contributed by atoms with E-state index in [0.29, 0.717) is 6.04 Å². The molecule has 0 amide bonds. The molecule has 2 atom stereocenters. The summed E-state index contributed by atoms with van der Waals surface area (Å²) in [7, 11) is 0. The molecule has 3 nitrogen and oxygen atoms in total. The van der Waals surface area contributed by atoms with Crippen molar-refractivity contribution in [1.82, 2.24) is 4.98 Å². The lowest BCUT2D eigenvalue weighted by Crippen LogP contribution is -2.28. The average Bonchev–Trinajstić information content (AvgIpc) is 2.67. The van der Waals surface area contributed by atoms with Crippen molar-refractivity contribution >= 4 is 5.82 Å². The summed E-state index contributed by atoms with van der Waals surface area (Å²) in [5.41, 5.74) is 5.86. The van der Waals surface area contributed by atoms with Gasteiger partial charge in [0, 0.05) is 25.3 Å². The van der Waals surface area contributed by atoms with Crippen LogP contribution in [0.4, 0.5) is 5.82 Å². The smallest absolute Gasteiger partial charge is 0.128 e. The minimum Gasteiger partial charge on any atom is -0.356 e. The average molecular weight is 175 g/mol. The fourth-order valence-electron chi connectivity index (χ4n) is 2.30. The van der Waals surface area contributed by atoms with Crippen LogP contribution in [-0.2, 0) is 0 Å². The number of anilines is 1. The Kier molecular flexibility index (Phi) is 1.38. The molecule has 1 aromatic rings. The third kappa shape index (κ3) is 1.04. The van der Waals surface area contributed by atoms with Gasteiger partial charge in [0.25, 0.3) is 0 Å². The number of rotatable bonds is 1. The summed E-state index contributed by atoms with van der Waals surface area (Å²) in [5.74, 6) is 2.57. The van der Waals surface area contributed by atoms with Crippen LogP contribution in [0.2, 0.25) is 0 Å². The first-order valence-corrected chi connectivity index (χ1v) is 4.78. The van der Waals surface area contributed by atoms with Crippen LogP contribution in [0.25, 0.3) is 0 Å². The Labute approximate surface area is 77.6 Å². The largest absolute Gasteiger partial charge is 0.356 e.